The Morgan fingerprint density at radius 1 is 1.10 bits per heavy atom. The number of carbonyl (C=O) groups is 1. The van der Waals surface area contributed by atoms with E-state index in [2.05, 4.69) is 45.0 Å². The molecule has 39 heavy (non-hydrogen) atoms. The van der Waals surface area contributed by atoms with Gasteiger partial charge < -0.3 is 9.16 Å². The van der Waals surface area contributed by atoms with E-state index in [1.807, 2.05) is 41.4 Å². The minimum Gasteiger partial charge on any atom is -0.462 e. The minimum absolute atomic E-state index is 0.0114. The Balaban J connectivity index is 1.76. The SMILES string of the molecule is CCOC(=O)[C@@]1(n2cc(F)c(=O)[nH]c2=O)C[C@@H](CO[Si](c2ccccc2)(c2ccccc2)C(C)(C)C)N(C)O1. The van der Waals surface area contributed by atoms with Crippen molar-refractivity contribution in [2.75, 3.05) is 20.3 Å². The van der Waals surface area contributed by atoms with Crippen molar-refractivity contribution in [2.45, 2.75) is 50.9 Å². The molecule has 2 atom stereocenters. The lowest BCUT2D eigenvalue weighted by Gasteiger charge is -2.43. The predicted molar refractivity (Wildman–Crippen MR) is 147 cm³/mol. The van der Waals surface area contributed by atoms with Crippen molar-refractivity contribution in [3.8, 4) is 0 Å². The number of H-pyrrole nitrogens is 1. The number of ether oxygens (including phenoxy) is 1. The third kappa shape index (κ3) is 5.14. The number of rotatable bonds is 8. The number of likely N-dealkylation sites (N-methyl/N-ethyl adjacent to an activating group) is 1. The van der Waals surface area contributed by atoms with Gasteiger partial charge in [0.1, 0.15) is 0 Å². The summed E-state index contributed by atoms with van der Waals surface area (Å²) in [7, 11) is -1.30. The number of nitrogens with one attached hydrogen (secondary N) is 1. The fourth-order valence-electron chi connectivity index (χ4n) is 5.27. The third-order valence-electron chi connectivity index (χ3n) is 7.11. The second kappa shape index (κ2) is 11.0. The summed E-state index contributed by atoms with van der Waals surface area (Å²) in [5.41, 5.74) is -4.20. The van der Waals surface area contributed by atoms with Crippen molar-refractivity contribution in [1.29, 1.82) is 0 Å². The molecule has 0 amide bonds. The zero-order valence-electron chi connectivity index (χ0n) is 22.8. The molecule has 0 spiro atoms. The highest BCUT2D eigenvalue weighted by molar-refractivity contribution is 6.99. The van der Waals surface area contributed by atoms with Crippen molar-refractivity contribution in [3.63, 3.8) is 0 Å². The van der Waals surface area contributed by atoms with Crippen molar-refractivity contribution in [2.24, 2.45) is 0 Å². The summed E-state index contributed by atoms with van der Waals surface area (Å²) in [5, 5.41) is 3.32. The molecule has 1 aliphatic heterocycles. The molecule has 1 aliphatic rings. The molecule has 2 heterocycles. The molecule has 208 valence electrons. The molecule has 0 saturated carbocycles. The van der Waals surface area contributed by atoms with Gasteiger partial charge in [0.2, 0.25) is 5.82 Å². The first-order chi connectivity index (χ1) is 18.5. The number of halogens is 1. The van der Waals surface area contributed by atoms with Crippen LogP contribution >= 0.6 is 0 Å². The van der Waals surface area contributed by atoms with Crippen LogP contribution in [0.2, 0.25) is 5.04 Å². The summed E-state index contributed by atoms with van der Waals surface area (Å²) in [5.74, 6) is -2.10. The van der Waals surface area contributed by atoms with Crippen LogP contribution in [0.25, 0.3) is 0 Å². The Kier molecular flexibility index (Phi) is 8.08. The Morgan fingerprint density at radius 2 is 1.67 bits per heavy atom. The van der Waals surface area contributed by atoms with Crippen LogP contribution in [0, 0.1) is 5.82 Å². The van der Waals surface area contributed by atoms with Crippen molar-refractivity contribution in [1.82, 2.24) is 14.6 Å². The first-order valence-electron chi connectivity index (χ1n) is 12.8. The number of aromatic nitrogens is 2. The van der Waals surface area contributed by atoms with Crippen LogP contribution in [0.3, 0.4) is 0 Å². The number of nitrogens with zero attached hydrogens (tertiary/aromatic N) is 2. The Bertz CT molecular complexity index is 1380. The van der Waals surface area contributed by atoms with Crippen LogP contribution in [0.4, 0.5) is 4.39 Å². The van der Waals surface area contributed by atoms with E-state index in [0.29, 0.717) is 6.20 Å². The van der Waals surface area contributed by atoms with Crippen LogP contribution in [-0.4, -0.2) is 55.2 Å². The summed E-state index contributed by atoms with van der Waals surface area (Å²) in [6.45, 7) is 8.23. The summed E-state index contributed by atoms with van der Waals surface area (Å²) in [6.07, 6.45) is 0.600. The average molecular weight is 556 g/mol. The molecule has 2 aromatic carbocycles. The molecule has 3 aromatic rings. The minimum atomic E-state index is -2.92. The molecule has 0 unspecified atom stereocenters. The van der Waals surface area contributed by atoms with Gasteiger partial charge in [-0.25, -0.2) is 9.59 Å². The van der Waals surface area contributed by atoms with Gasteiger partial charge in [0.05, 0.1) is 25.5 Å². The Morgan fingerprint density at radius 3 is 2.18 bits per heavy atom. The lowest BCUT2D eigenvalue weighted by molar-refractivity contribution is -0.238. The van der Waals surface area contributed by atoms with Crippen molar-refractivity contribution >= 4 is 24.7 Å². The van der Waals surface area contributed by atoms with Crippen LogP contribution in [-0.2, 0) is 24.5 Å². The molecule has 0 radical (unpaired) electrons. The smallest absolute Gasteiger partial charge is 0.362 e. The topological polar surface area (TPSA) is 103 Å². The fraction of sp³-hybridized carbons (Fsp3) is 0.393. The number of hydrogen-bond donors (Lipinski definition) is 1. The molecule has 1 aromatic heterocycles. The maximum atomic E-state index is 14.3. The van der Waals surface area contributed by atoms with Gasteiger partial charge in [-0.3, -0.25) is 19.2 Å². The van der Waals surface area contributed by atoms with Gasteiger partial charge in [0, 0.05) is 13.5 Å². The molecule has 4 rings (SSSR count). The maximum Gasteiger partial charge on any atom is 0.362 e. The van der Waals surface area contributed by atoms with Crippen molar-refractivity contribution < 1.29 is 23.2 Å². The normalized spacial score (nSPS) is 20.2. The zero-order valence-corrected chi connectivity index (χ0v) is 23.8. The van der Waals surface area contributed by atoms with E-state index in [1.165, 1.54) is 5.06 Å². The average Bonchev–Trinajstić information content (AvgIpc) is 3.24. The number of carbonyl (C=O) groups excluding carboxylic acids is 1. The summed E-state index contributed by atoms with van der Waals surface area (Å²) in [6, 6.07) is 19.7. The second-order valence-corrected chi connectivity index (χ2v) is 14.9. The first kappa shape index (κ1) is 28.6. The van der Waals surface area contributed by atoms with E-state index >= 15 is 0 Å². The van der Waals surface area contributed by atoms with E-state index < -0.39 is 43.1 Å². The molecule has 9 nitrogen and oxygen atoms in total. The van der Waals surface area contributed by atoms with E-state index in [4.69, 9.17) is 14.0 Å². The van der Waals surface area contributed by atoms with E-state index in [9.17, 15) is 18.8 Å². The second-order valence-electron chi connectivity index (χ2n) is 10.6. The molecule has 1 saturated heterocycles. The van der Waals surface area contributed by atoms with Gasteiger partial charge in [-0.2, -0.15) is 9.45 Å². The number of aromatic amines is 1. The molecule has 1 fully saturated rings. The van der Waals surface area contributed by atoms with E-state index in [1.54, 1.807) is 14.0 Å². The van der Waals surface area contributed by atoms with Gasteiger partial charge >= 0.3 is 11.7 Å². The number of hydroxylamine groups is 2. The molecular weight excluding hydrogens is 521 g/mol. The van der Waals surface area contributed by atoms with Gasteiger partial charge in [0.25, 0.3) is 19.6 Å². The van der Waals surface area contributed by atoms with Crippen LogP contribution in [0.1, 0.15) is 34.1 Å². The molecular formula is C28H34FN3O6Si. The summed E-state index contributed by atoms with van der Waals surface area (Å²) < 4.78 is 27.3. The van der Waals surface area contributed by atoms with Gasteiger partial charge in [-0.15, -0.1) is 0 Å². The number of esters is 1. The van der Waals surface area contributed by atoms with Crippen LogP contribution in [0.15, 0.2) is 76.4 Å². The van der Waals surface area contributed by atoms with Crippen LogP contribution < -0.4 is 21.6 Å². The Hall–Kier alpha value is -3.38. The standard InChI is InChI=1S/C28H34FN3O6Si/c1-6-36-25(34)28(32-18-23(29)24(33)30-26(32)35)17-20(31(5)38-28)19-37-39(27(2,3)4,21-13-9-7-10-14-21)22-15-11-8-12-16-22/h7-16,18,20H,6,17,19H2,1-5H3,(H,30,33,35)/t20-,28+/m0/s1. The number of hydrogen-bond acceptors (Lipinski definition) is 7. The highest BCUT2D eigenvalue weighted by Crippen LogP contribution is 2.39. The molecule has 0 bridgehead atoms. The van der Waals surface area contributed by atoms with E-state index in [-0.39, 0.29) is 24.7 Å². The number of benzene rings is 2. The summed E-state index contributed by atoms with van der Waals surface area (Å²) in [4.78, 5) is 45.5. The lowest BCUT2D eigenvalue weighted by Crippen LogP contribution is -2.67. The molecule has 11 heteroatoms. The highest BCUT2D eigenvalue weighted by atomic mass is 28.4. The summed E-state index contributed by atoms with van der Waals surface area (Å²) >= 11 is 0. The quantitative estimate of drug-likeness (QED) is 0.336. The fourth-order valence-corrected chi connectivity index (χ4v) is 9.86. The van der Waals surface area contributed by atoms with Gasteiger partial charge in [-0.05, 0) is 22.3 Å². The zero-order chi connectivity index (χ0) is 28.4. The predicted octanol–water partition coefficient (Wildman–Crippen LogP) is 2.10. The van der Waals surface area contributed by atoms with Gasteiger partial charge in [0.15, 0.2) is 0 Å². The molecule has 0 aliphatic carbocycles. The first-order valence-corrected chi connectivity index (χ1v) is 14.7. The molecule has 1 N–H and O–H groups in total. The highest BCUT2D eigenvalue weighted by Gasteiger charge is 2.56. The Labute approximate surface area is 227 Å². The largest absolute Gasteiger partial charge is 0.462 e. The van der Waals surface area contributed by atoms with Crippen LogP contribution in [0.5, 0.6) is 0 Å². The lowest BCUT2D eigenvalue weighted by atomic mass is 10.1. The van der Waals surface area contributed by atoms with Crippen molar-refractivity contribution in [3.05, 3.63) is 93.5 Å². The third-order valence-corrected chi connectivity index (χ3v) is 12.1. The maximum absolute atomic E-state index is 14.3. The van der Waals surface area contributed by atoms with E-state index in [0.717, 1.165) is 14.9 Å². The van der Waals surface area contributed by atoms with Gasteiger partial charge in [-0.1, -0.05) is 81.4 Å². The monoisotopic (exact) mass is 555 g/mol.